The smallest absolute Gasteiger partial charge is 0.221 e. The second kappa shape index (κ2) is 8.22. The van der Waals surface area contributed by atoms with Crippen LogP contribution >= 0.6 is 23.4 Å². The topological polar surface area (TPSA) is 46.4 Å². The summed E-state index contributed by atoms with van der Waals surface area (Å²) in [6, 6.07) is 13.4. The number of imidazole rings is 1. The Hall–Kier alpha value is -1.98. The number of carbonyl (C=O) groups is 1. The first kappa shape index (κ1) is 16.9. The molecule has 1 aromatic carbocycles. The normalized spacial score (nSPS) is 10.9. The van der Waals surface area contributed by atoms with Crippen LogP contribution in [0.1, 0.15) is 17.7 Å². The molecule has 24 heavy (non-hydrogen) atoms. The van der Waals surface area contributed by atoms with Gasteiger partial charge in [-0.2, -0.15) is 11.8 Å². The van der Waals surface area contributed by atoms with Gasteiger partial charge >= 0.3 is 0 Å². The van der Waals surface area contributed by atoms with Crippen LogP contribution in [-0.4, -0.2) is 21.0 Å². The lowest BCUT2D eigenvalue weighted by atomic mass is 10.2. The molecule has 0 saturated carbocycles. The van der Waals surface area contributed by atoms with Crippen LogP contribution in [0.2, 0.25) is 5.02 Å². The minimum Gasteiger partial charge on any atom is -0.352 e. The minimum absolute atomic E-state index is 0.0625. The molecule has 124 valence electrons. The fourth-order valence-electron chi connectivity index (χ4n) is 2.29. The van der Waals surface area contributed by atoms with Crippen molar-refractivity contribution in [2.75, 3.05) is 5.75 Å². The Labute approximate surface area is 150 Å². The molecule has 0 aliphatic heterocycles. The summed E-state index contributed by atoms with van der Waals surface area (Å²) in [4.78, 5) is 16.4. The van der Waals surface area contributed by atoms with E-state index >= 15 is 0 Å². The Kier molecular flexibility index (Phi) is 5.77. The van der Waals surface area contributed by atoms with E-state index in [9.17, 15) is 4.79 Å². The average Bonchev–Trinajstić information content (AvgIpc) is 3.01. The Morgan fingerprint density at radius 2 is 2.04 bits per heavy atom. The number of benzene rings is 1. The van der Waals surface area contributed by atoms with Crippen molar-refractivity contribution < 1.29 is 4.79 Å². The second-order valence-corrected chi connectivity index (χ2v) is 6.95. The molecule has 0 saturated heterocycles. The maximum Gasteiger partial charge on any atom is 0.221 e. The lowest BCUT2D eigenvalue weighted by Gasteiger charge is -2.05. The van der Waals surface area contributed by atoms with E-state index in [0.29, 0.717) is 18.0 Å². The molecule has 2 heterocycles. The highest BCUT2D eigenvalue weighted by molar-refractivity contribution is 7.98. The van der Waals surface area contributed by atoms with Gasteiger partial charge in [-0.25, -0.2) is 4.98 Å². The van der Waals surface area contributed by atoms with Gasteiger partial charge in [-0.15, -0.1) is 0 Å². The molecule has 0 unspecified atom stereocenters. The van der Waals surface area contributed by atoms with Gasteiger partial charge in [-0.1, -0.05) is 29.8 Å². The third-order valence-electron chi connectivity index (χ3n) is 3.54. The zero-order valence-corrected chi connectivity index (χ0v) is 14.7. The summed E-state index contributed by atoms with van der Waals surface area (Å²) in [6.45, 7) is 0.535. The van der Waals surface area contributed by atoms with Gasteiger partial charge in [0.05, 0.1) is 5.69 Å². The monoisotopic (exact) mass is 359 g/mol. The molecule has 1 N–H and O–H groups in total. The number of fused-ring (bicyclic) bond motifs is 1. The number of hydrogen-bond acceptors (Lipinski definition) is 3. The number of thioether (sulfide) groups is 1. The van der Waals surface area contributed by atoms with Crippen molar-refractivity contribution in [1.82, 2.24) is 14.7 Å². The third-order valence-corrected chi connectivity index (χ3v) is 4.78. The summed E-state index contributed by atoms with van der Waals surface area (Å²) in [6.07, 6.45) is 4.52. The molecule has 6 heteroatoms. The van der Waals surface area contributed by atoms with Crippen LogP contribution in [-0.2, 0) is 17.1 Å². The molecule has 1 amide bonds. The molecule has 2 aromatic heterocycles. The molecule has 0 spiro atoms. The fraction of sp³-hybridized carbons (Fsp3) is 0.222. The molecule has 3 rings (SSSR count). The van der Waals surface area contributed by atoms with Crippen molar-refractivity contribution in [3.8, 4) is 0 Å². The summed E-state index contributed by atoms with van der Waals surface area (Å²) in [5.41, 5.74) is 3.03. The summed E-state index contributed by atoms with van der Waals surface area (Å²) >= 11 is 7.56. The van der Waals surface area contributed by atoms with Crippen molar-refractivity contribution >= 4 is 34.9 Å². The Morgan fingerprint density at radius 1 is 1.21 bits per heavy atom. The molecular formula is C18H18ClN3OS. The number of aromatic nitrogens is 2. The molecule has 3 aromatic rings. The van der Waals surface area contributed by atoms with Crippen LogP contribution in [0.25, 0.3) is 5.65 Å². The van der Waals surface area contributed by atoms with Crippen molar-refractivity contribution in [2.24, 2.45) is 0 Å². The number of rotatable bonds is 7. The SMILES string of the molecule is O=C(CCSCc1cn2ccccc2n1)NCc1ccc(Cl)cc1. The van der Waals surface area contributed by atoms with Crippen LogP contribution < -0.4 is 5.32 Å². The van der Waals surface area contributed by atoms with Crippen LogP contribution in [0.5, 0.6) is 0 Å². The average molecular weight is 360 g/mol. The zero-order chi connectivity index (χ0) is 16.8. The molecule has 0 aliphatic carbocycles. The molecular weight excluding hydrogens is 342 g/mol. The summed E-state index contributed by atoms with van der Waals surface area (Å²) < 4.78 is 2.01. The van der Waals surface area contributed by atoms with Crippen molar-refractivity contribution in [1.29, 1.82) is 0 Å². The first-order valence-electron chi connectivity index (χ1n) is 7.72. The second-order valence-electron chi connectivity index (χ2n) is 5.40. The van der Waals surface area contributed by atoms with Gasteiger partial charge in [0.25, 0.3) is 0 Å². The molecule has 0 atom stereocenters. The van der Waals surface area contributed by atoms with Crippen molar-refractivity contribution in [3.05, 3.63) is 71.1 Å². The zero-order valence-electron chi connectivity index (χ0n) is 13.1. The van der Waals surface area contributed by atoms with E-state index in [0.717, 1.165) is 28.4 Å². The standard InChI is InChI=1S/C18H18ClN3OS/c19-15-6-4-14(5-7-15)11-20-18(23)8-10-24-13-16-12-22-9-2-1-3-17(22)21-16/h1-7,9,12H,8,10-11,13H2,(H,20,23). The first-order valence-corrected chi connectivity index (χ1v) is 9.25. The fourth-order valence-corrected chi connectivity index (χ4v) is 3.24. The number of hydrogen-bond donors (Lipinski definition) is 1. The van der Waals surface area contributed by atoms with Crippen LogP contribution in [0, 0.1) is 0 Å². The lowest BCUT2D eigenvalue weighted by molar-refractivity contribution is -0.120. The Balaban J connectivity index is 1.36. The Morgan fingerprint density at radius 3 is 2.83 bits per heavy atom. The highest BCUT2D eigenvalue weighted by Gasteiger charge is 2.04. The quantitative estimate of drug-likeness (QED) is 0.650. The summed E-state index contributed by atoms with van der Waals surface area (Å²) in [5.74, 6) is 1.65. The van der Waals surface area contributed by atoms with E-state index in [-0.39, 0.29) is 5.91 Å². The van der Waals surface area contributed by atoms with Gasteiger partial charge in [0.15, 0.2) is 0 Å². The maximum atomic E-state index is 11.9. The predicted octanol–water partition coefficient (Wildman–Crippen LogP) is 3.93. The van der Waals surface area contributed by atoms with E-state index in [1.807, 2.05) is 59.3 Å². The van der Waals surface area contributed by atoms with E-state index in [4.69, 9.17) is 11.6 Å². The van der Waals surface area contributed by atoms with E-state index in [1.54, 1.807) is 11.8 Å². The Bertz CT molecular complexity index is 784. The van der Waals surface area contributed by atoms with Crippen molar-refractivity contribution in [3.63, 3.8) is 0 Å². The number of amides is 1. The van der Waals surface area contributed by atoms with Gasteiger partial charge < -0.3 is 9.72 Å². The minimum atomic E-state index is 0.0625. The summed E-state index contributed by atoms with van der Waals surface area (Å²) in [5, 5.41) is 3.63. The van der Waals surface area contributed by atoms with Gasteiger partial charge in [0.1, 0.15) is 5.65 Å². The maximum absolute atomic E-state index is 11.9. The van der Waals surface area contributed by atoms with E-state index in [1.165, 1.54) is 0 Å². The number of nitrogens with zero attached hydrogens (tertiary/aromatic N) is 2. The van der Waals surface area contributed by atoms with Gasteiger partial charge in [0, 0.05) is 41.9 Å². The lowest BCUT2D eigenvalue weighted by Crippen LogP contribution is -2.22. The van der Waals surface area contributed by atoms with Gasteiger partial charge in [0.2, 0.25) is 5.91 Å². The largest absolute Gasteiger partial charge is 0.352 e. The van der Waals surface area contributed by atoms with Crippen LogP contribution in [0.3, 0.4) is 0 Å². The number of pyridine rings is 1. The van der Waals surface area contributed by atoms with Gasteiger partial charge in [-0.3, -0.25) is 4.79 Å². The molecule has 0 fully saturated rings. The molecule has 0 radical (unpaired) electrons. The summed E-state index contributed by atoms with van der Waals surface area (Å²) in [7, 11) is 0. The van der Waals surface area contributed by atoms with E-state index < -0.39 is 0 Å². The van der Waals surface area contributed by atoms with E-state index in [2.05, 4.69) is 10.3 Å². The molecule has 4 nitrogen and oxygen atoms in total. The predicted molar refractivity (Wildman–Crippen MR) is 99.3 cm³/mol. The third kappa shape index (κ3) is 4.76. The van der Waals surface area contributed by atoms with Crippen LogP contribution in [0.4, 0.5) is 0 Å². The molecule has 0 aliphatic rings. The van der Waals surface area contributed by atoms with Gasteiger partial charge in [-0.05, 0) is 29.8 Å². The molecule has 0 bridgehead atoms. The van der Waals surface area contributed by atoms with Crippen molar-refractivity contribution in [2.45, 2.75) is 18.7 Å². The number of carbonyl (C=O) groups excluding carboxylic acids is 1. The first-order chi connectivity index (χ1) is 11.7. The highest BCUT2D eigenvalue weighted by atomic mass is 35.5. The highest BCUT2D eigenvalue weighted by Crippen LogP contribution is 2.14. The van der Waals surface area contributed by atoms with Crippen LogP contribution in [0.15, 0.2) is 54.9 Å². The number of nitrogens with one attached hydrogen (secondary N) is 1. The number of halogens is 1.